The van der Waals surface area contributed by atoms with Gasteiger partial charge in [-0.1, -0.05) is 31.8 Å². The Balaban J connectivity index is 2.03. The summed E-state index contributed by atoms with van der Waals surface area (Å²) in [5.41, 5.74) is 6.13. The Kier molecular flexibility index (Phi) is 8.11. The zero-order valence-corrected chi connectivity index (χ0v) is 12.1. The highest BCUT2D eigenvalue weighted by molar-refractivity contribution is 5.89. The highest BCUT2D eigenvalue weighted by Crippen LogP contribution is 2.10. The number of aromatic nitrogens is 1. The average molecular weight is 275 g/mol. The summed E-state index contributed by atoms with van der Waals surface area (Å²) in [5.74, 6) is 0.586. The first-order chi connectivity index (χ1) is 9.72. The van der Waals surface area contributed by atoms with Gasteiger partial charge in [0.25, 0.3) is 0 Å². The molecular weight excluding hydrogens is 250 g/mol. The van der Waals surface area contributed by atoms with Crippen molar-refractivity contribution in [3.8, 4) is 0 Å². The van der Waals surface area contributed by atoms with Gasteiger partial charge in [-0.2, -0.15) is 0 Å². The monoisotopic (exact) mass is 275 g/mol. The molecule has 0 aliphatic rings. The minimum absolute atomic E-state index is 0.0222. The van der Waals surface area contributed by atoms with Gasteiger partial charge in [0.05, 0.1) is 11.9 Å². The number of pyridine rings is 1. The molecule has 1 rings (SSSR count). The summed E-state index contributed by atoms with van der Waals surface area (Å²) in [6.07, 6.45) is 12.1. The van der Waals surface area contributed by atoms with Crippen LogP contribution in [0.15, 0.2) is 31.0 Å². The molecule has 0 spiro atoms. The average Bonchev–Trinajstić information content (AvgIpc) is 2.44. The minimum Gasteiger partial charge on any atom is -0.397 e. The maximum atomic E-state index is 11.7. The van der Waals surface area contributed by atoms with Gasteiger partial charge in [0.15, 0.2) is 0 Å². The quantitative estimate of drug-likeness (QED) is 0.502. The van der Waals surface area contributed by atoms with Gasteiger partial charge < -0.3 is 11.1 Å². The van der Waals surface area contributed by atoms with Gasteiger partial charge in [0, 0.05) is 6.42 Å². The van der Waals surface area contributed by atoms with Crippen LogP contribution in [0, 0.1) is 0 Å². The molecule has 1 amide bonds. The first kappa shape index (κ1) is 16.2. The first-order valence-corrected chi connectivity index (χ1v) is 7.34. The predicted molar refractivity (Wildman–Crippen MR) is 84.4 cm³/mol. The van der Waals surface area contributed by atoms with E-state index in [1.54, 1.807) is 18.3 Å². The SMILES string of the molecule is C=CCCCCCCCCC(=O)Nc1ccc(N)cn1. The molecule has 0 unspecified atom stereocenters. The van der Waals surface area contributed by atoms with E-state index in [-0.39, 0.29) is 5.91 Å². The van der Waals surface area contributed by atoms with Gasteiger partial charge in [0.1, 0.15) is 5.82 Å². The van der Waals surface area contributed by atoms with Crippen LogP contribution in [0.1, 0.15) is 51.4 Å². The van der Waals surface area contributed by atoms with Crippen LogP contribution >= 0.6 is 0 Å². The molecule has 0 bridgehead atoms. The van der Waals surface area contributed by atoms with Gasteiger partial charge in [-0.25, -0.2) is 4.98 Å². The summed E-state index contributed by atoms with van der Waals surface area (Å²) in [6.45, 7) is 3.71. The van der Waals surface area contributed by atoms with Crippen LogP contribution in [0.25, 0.3) is 0 Å². The molecular formula is C16H25N3O. The van der Waals surface area contributed by atoms with Crippen molar-refractivity contribution >= 4 is 17.4 Å². The molecule has 1 aromatic heterocycles. The number of rotatable bonds is 10. The highest BCUT2D eigenvalue weighted by Gasteiger charge is 2.02. The van der Waals surface area contributed by atoms with Gasteiger partial charge in [0.2, 0.25) is 5.91 Å². The van der Waals surface area contributed by atoms with E-state index in [0.29, 0.717) is 17.9 Å². The van der Waals surface area contributed by atoms with Crippen molar-refractivity contribution in [3.05, 3.63) is 31.0 Å². The smallest absolute Gasteiger partial charge is 0.225 e. The molecule has 0 aromatic carbocycles. The lowest BCUT2D eigenvalue weighted by Crippen LogP contribution is -2.12. The predicted octanol–water partition coefficient (Wildman–Crippen LogP) is 3.91. The Labute approximate surface area is 121 Å². The number of nitrogen functional groups attached to an aromatic ring is 1. The third-order valence-corrected chi connectivity index (χ3v) is 3.12. The molecule has 0 saturated carbocycles. The van der Waals surface area contributed by atoms with E-state index in [9.17, 15) is 4.79 Å². The number of hydrogen-bond donors (Lipinski definition) is 2. The topological polar surface area (TPSA) is 68.0 Å². The second-order valence-corrected chi connectivity index (χ2v) is 4.97. The molecule has 0 fully saturated rings. The summed E-state index contributed by atoms with van der Waals surface area (Å²) in [5, 5.41) is 2.77. The number of carbonyl (C=O) groups excluding carboxylic acids is 1. The zero-order chi connectivity index (χ0) is 14.6. The van der Waals surface area contributed by atoms with Crippen LogP contribution in [-0.4, -0.2) is 10.9 Å². The summed E-state index contributed by atoms with van der Waals surface area (Å²) in [4.78, 5) is 15.7. The number of nitrogens with zero attached hydrogens (tertiary/aromatic N) is 1. The summed E-state index contributed by atoms with van der Waals surface area (Å²) in [6, 6.07) is 3.44. The molecule has 3 N–H and O–H groups in total. The van der Waals surface area contributed by atoms with Gasteiger partial charge >= 0.3 is 0 Å². The molecule has 1 heterocycles. The normalized spacial score (nSPS) is 10.2. The minimum atomic E-state index is 0.0222. The maximum absolute atomic E-state index is 11.7. The third-order valence-electron chi connectivity index (χ3n) is 3.12. The molecule has 0 radical (unpaired) electrons. The van der Waals surface area contributed by atoms with E-state index in [1.807, 2.05) is 6.08 Å². The number of carbonyl (C=O) groups is 1. The Bertz CT molecular complexity index is 401. The molecule has 0 saturated heterocycles. The third kappa shape index (κ3) is 7.56. The van der Waals surface area contributed by atoms with E-state index >= 15 is 0 Å². The van der Waals surface area contributed by atoms with E-state index in [1.165, 1.54) is 25.7 Å². The number of nitrogens with one attached hydrogen (secondary N) is 1. The van der Waals surface area contributed by atoms with Crippen LogP contribution in [-0.2, 0) is 4.79 Å². The van der Waals surface area contributed by atoms with Crippen LogP contribution < -0.4 is 11.1 Å². The van der Waals surface area contributed by atoms with Crippen molar-refractivity contribution < 1.29 is 4.79 Å². The van der Waals surface area contributed by atoms with Crippen molar-refractivity contribution in [2.24, 2.45) is 0 Å². The summed E-state index contributed by atoms with van der Waals surface area (Å²) < 4.78 is 0. The second-order valence-electron chi connectivity index (χ2n) is 4.97. The number of allylic oxidation sites excluding steroid dienone is 1. The summed E-state index contributed by atoms with van der Waals surface area (Å²) in [7, 11) is 0. The van der Waals surface area contributed by atoms with Gasteiger partial charge in [-0.3, -0.25) is 4.79 Å². The van der Waals surface area contributed by atoms with E-state index < -0.39 is 0 Å². The fourth-order valence-corrected chi connectivity index (χ4v) is 1.97. The molecule has 4 nitrogen and oxygen atoms in total. The molecule has 20 heavy (non-hydrogen) atoms. The van der Waals surface area contributed by atoms with Crippen LogP contribution in [0.2, 0.25) is 0 Å². The van der Waals surface area contributed by atoms with Crippen molar-refractivity contribution in [3.63, 3.8) is 0 Å². The number of unbranched alkanes of at least 4 members (excludes halogenated alkanes) is 6. The number of amides is 1. The highest BCUT2D eigenvalue weighted by atomic mass is 16.1. The largest absolute Gasteiger partial charge is 0.397 e. The van der Waals surface area contributed by atoms with Crippen molar-refractivity contribution in [2.75, 3.05) is 11.1 Å². The number of nitrogens with two attached hydrogens (primary N) is 1. The van der Waals surface area contributed by atoms with Crippen LogP contribution in [0.5, 0.6) is 0 Å². The fraction of sp³-hybridized carbons (Fsp3) is 0.500. The lowest BCUT2D eigenvalue weighted by molar-refractivity contribution is -0.116. The Hall–Kier alpha value is -1.84. The molecule has 0 aliphatic carbocycles. The van der Waals surface area contributed by atoms with Crippen LogP contribution in [0.3, 0.4) is 0 Å². The van der Waals surface area contributed by atoms with E-state index in [0.717, 1.165) is 19.3 Å². The standard InChI is InChI=1S/C16H25N3O/c1-2-3-4-5-6-7-8-9-10-16(20)19-15-12-11-14(17)13-18-15/h2,11-13H,1,3-10,17H2,(H,18,19,20). The lowest BCUT2D eigenvalue weighted by atomic mass is 10.1. The van der Waals surface area contributed by atoms with Crippen molar-refractivity contribution in [1.29, 1.82) is 0 Å². The lowest BCUT2D eigenvalue weighted by Gasteiger charge is -2.04. The number of hydrogen-bond acceptors (Lipinski definition) is 3. The van der Waals surface area contributed by atoms with E-state index in [4.69, 9.17) is 5.73 Å². The maximum Gasteiger partial charge on any atom is 0.225 e. The van der Waals surface area contributed by atoms with E-state index in [2.05, 4.69) is 16.9 Å². The summed E-state index contributed by atoms with van der Waals surface area (Å²) >= 11 is 0. The fourth-order valence-electron chi connectivity index (χ4n) is 1.97. The molecule has 0 atom stereocenters. The van der Waals surface area contributed by atoms with Gasteiger partial charge in [-0.05, 0) is 31.4 Å². The Morgan fingerprint density at radius 1 is 1.20 bits per heavy atom. The molecule has 1 aromatic rings. The second kappa shape index (κ2) is 10.0. The van der Waals surface area contributed by atoms with Crippen LogP contribution in [0.4, 0.5) is 11.5 Å². The Morgan fingerprint density at radius 3 is 2.55 bits per heavy atom. The van der Waals surface area contributed by atoms with Gasteiger partial charge in [-0.15, -0.1) is 6.58 Å². The molecule has 0 aliphatic heterocycles. The first-order valence-electron chi connectivity index (χ1n) is 7.34. The molecule has 110 valence electrons. The zero-order valence-electron chi connectivity index (χ0n) is 12.1. The van der Waals surface area contributed by atoms with Crippen molar-refractivity contribution in [2.45, 2.75) is 51.4 Å². The van der Waals surface area contributed by atoms with Crippen molar-refractivity contribution in [1.82, 2.24) is 4.98 Å². The molecule has 4 heteroatoms. The Morgan fingerprint density at radius 2 is 1.90 bits per heavy atom. The number of anilines is 2.